The van der Waals surface area contributed by atoms with Crippen LogP contribution in [0.4, 0.5) is 0 Å². The summed E-state index contributed by atoms with van der Waals surface area (Å²) in [6.45, 7) is 0. The van der Waals surface area contributed by atoms with Crippen molar-refractivity contribution in [2.75, 3.05) is 0 Å². The summed E-state index contributed by atoms with van der Waals surface area (Å²) in [7, 11) is 0. The van der Waals surface area contributed by atoms with Gasteiger partial charge in [-0.25, -0.2) is 4.98 Å². The van der Waals surface area contributed by atoms with Gasteiger partial charge in [0, 0.05) is 24.4 Å². The van der Waals surface area contributed by atoms with Gasteiger partial charge in [0.15, 0.2) is 12.2 Å². The van der Waals surface area contributed by atoms with E-state index < -0.39 is 0 Å². The first-order valence-electron chi connectivity index (χ1n) is 5.80. The Hall–Kier alpha value is -2.42. The van der Waals surface area contributed by atoms with Gasteiger partial charge in [0.05, 0.1) is 5.69 Å². The van der Waals surface area contributed by atoms with Gasteiger partial charge in [0.25, 0.3) is 0 Å². The Morgan fingerprint density at radius 2 is 1.72 bits per heavy atom. The van der Waals surface area contributed by atoms with E-state index in [-0.39, 0.29) is 0 Å². The molecule has 3 rings (SSSR count). The lowest BCUT2D eigenvalue weighted by Gasteiger charge is -2.01. The molecule has 88 valence electrons. The Morgan fingerprint density at radius 1 is 0.944 bits per heavy atom. The SMILES string of the molecule is c1ccc(Cc2ncoc2-c2ccncc2)cc1. The van der Waals surface area contributed by atoms with Gasteiger partial charge in [-0.15, -0.1) is 0 Å². The predicted octanol–water partition coefficient (Wildman–Crippen LogP) is 3.33. The average molecular weight is 236 g/mol. The van der Waals surface area contributed by atoms with Crippen molar-refractivity contribution in [1.29, 1.82) is 0 Å². The van der Waals surface area contributed by atoms with Crippen molar-refractivity contribution in [3.05, 3.63) is 72.5 Å². The molecule has 0 bridgehead atoms. The van der Waals surface area contributed by atoms with Crippen LogP contribution in [0.2, 0.25) is 0 Å². The summed E-state index contributed by atoms with van der Waals surface area (Å²) in [6.07, 6.45) is 5.78. The predicted molar refractivity (Wildman–Crippen MR) is 69.0 cm³/mol. The highest BCUT2D eigenvalue weighted by Crippen LogP contribution is 2.24. The number of aromatic nitrogens is 2. The van der Waals surface area contributed by atoms with Gasteiger partial charge in [0.1, 0.15) is 0 Å². The standard InChI is InChI=1S/C15H12N2O/c1-2-4-12(5-3-1)10-14-15(18-11-17-14)13-6-8-16-9-7-13/h1-9,11H,10H2. The molecule has 0 spiro atoms. The fourth-order valence-electron chi connectivity index (χ4n) is 1.92. The molecule has 3 aromatic rings. The van der Waals surface area contributed by atoms with Crippen molar-refractivity contribution < 1.29 is 4.42 Å². The van der Waals surface area contributed by atoms with E-state index >= 15 is 0 Å². The molecule has 18 heavy (non-hydrogen) atoms. The minimum absolute atomic E-state index is 0.773. The normalized spacial score (nSPS) is 10.4. The van der Waals surface area contributed by atoms with E-state index in [1.165, 1.54) is 12.0 Å². The number of pyridine rings is 1. The summed E-state index contributed by atoms with van der Waals surface area (Å²) < 4.78 is 5.48. The van der Waals surface area contributed by atoms with Crippen LogP contribution < -0.4 is 0 Å². The third kappa shape index (κ3) is 2.15. The fraction of sp³-hybridized carbons (Fsp3) is 0.0667. The second-order valence-corrected chi connectivity index (χ2v) is 4.03. The van der Waals surface area contributed by atoms with Crippen molar-refractivity contribution in [1.82, 2.24) is 9.97 Å². The van der Waals surface area contributed by atoms with Crippen molar-refractivity contribution in [2.45, 2.75) is 6.42 Å². The van der Waals surface area contributed by atoms with Crippen molar-refractivity contribution >= 4 is 0 Å². The van der Waals surface area contributed by atoms with Crippen LogP contribution in [0, 0.1) is 0 Å². The molecule has 0 saturated carbocycles. The smallest absolute Gasteiger partial charge is 0.181 e. The summed E-state index contributed by atoms with van der Waals surface area (Å²) in [5, 5.41) is 0. The van der Waals surface area contributed by atoms with Gasteiger partial charge in [-0.1, -0.05) is 30.3 Å². The van der Waals surface area contributed by atoms with E-state index in [1.54, 1.807) is 12.4 Å². The molecule has 2 aromatic heterocycles. The van der Waals surface area contributed by atoms with E-state index in [4.69, 9.17) is 4.42 Å². The number of rotatable bonds is 3. The quantitative estimate of drug-likeness (QED) is 0.700. The Morgan fingerprint density at radius 3 is 2.50 bits per heavy atom. The minimum atomic E-state index is 0.773. The lowest BCUT2D eigenvalue weighted by atomic mass is 10.1. The first kappa shape index (κ1) is 10.7. The molecule has 0 amide bonds. The summed E-state index contributed by atoms with van der Waals surface area (Å²) in [6, 6.07) is 14.1. The molecule has 0 aliphatic rings. The molecular weight excluding hydrogens is 224 g/mol. The number of hydrogen-bond acceptors (Lipinski definition) is 3. The molecule has 1 aromatic carbocycles. The van der Waals surface area contributed by atoms with E-state index in [1.807, 2.05) is 30.3 Å². The molecule has 0 atom stereocenters. The molecule has 0 fully saturated rings. The van der Waals surface area contributed by atoms with Gasteiger partial charge in [-0.05, 0) is 17.7 Å². The highest BCUT2D eigenvalue weighted by atomic mass is 16.3. The van der Waals surface area contributed by atoms with Gasteiger partial charge >= 0.3 is 0 Å². The second-order valence-electron chi connectivity index (χ2n) is 4.03. The topological polar surface area (TPSA) is 38.9 Å². The Bertz CT molecular complexity index is 617. The maximum atomic E-state index is 5.48. The maximum Gasteiger partial charge on any atom is 0.181 e. The number of hydrogen-bond donors (Lipinski definition) is 0. The van der Waals surface area contributed by atoms with Crippen molar-refractivity contribution in [3.8, 4) is 11.3 Å². The molecule has 0 aliphatic carbocycles. The Kier molecular flexibility index (Phi) is 2.88. The van der Waals surface area contributed by atoms with E-state index in [2.05, 4.69) is 22.1 Å². The number of benzene rings is 1. The van der Waals surface area contributed by atoms with E-state index in [9.17, 15) is 0 Å². The van der Waals surface area contributed by atoms with E-state index in [0.29, 0.717) is 0 Å². The average Bonchev–Trinajstić information content (AvgIpc) is 2.89. The van der Waals surface area contributed by atoms with Gasteiger partial charge in [0.2, 0.25) is 0 Å². The van der Waals surface area contributed by atoms with Crippen LogP contribution >= 0.6 is 0 Å². The van der Waals surface area contributed by atoms with Crippen LogP contribution in [0.25, 0.3) is 11.3 Å². The Labute approximate surface area is 105 Å². The third-order valence-electron chi connectivity index (χ3n) is 2.80. The zero-order valence-electron chi connectivity index (χ0n) is 9.78. The largest absolute Gasteiger partial charge is 0.443 e. The van der Waals surface area contributed by atoms with Gasteiger partial charge in [-0.2, -0.15) is 0 Å². The lowest BCUT2D eigenvalue weighted by Crippen LogP contribution is -1.90. The first-order valence-corrected chi connectivity index (χ1v) is 5.80. The highest BCUT2D eigenvalue weighted by molar-refractivity contribution is 5.59. The van der Waals surface area contributed by atoms with Crippen LogP contribution in [0.1, 0.15) is 11.3 Å². The zero-order valence-corrected chi connectivity index (χ0v) is 9.78. The van der Waals surface area contributed by atoms with Gasteiger partial charge < -0.3 is 4.42 Å². The zero-order chi connectivity index (χ0) is 12.2. The third-order valence-corrected chi connectivity index (χ3v) is 2.80. The maximum absolute atomic E-state index is 5.48. The molecule has 0 saturated heterocycles. The van der Waals surface area contributed by atoms with Gasteiger partial charge in [-0.3, -0.25) is 4.98 Å². The van der Waals surface area contributed by atoms with Crippen LogP contribution in [0.15, 0.2) is 65.7 Å². The monoisotopic (exact) mass is 236 g/mol. The van der Waals surface area contributed by atoms with Crippen molar-refractivity contribution in [3.63, 3.8) is 0 Å². The van der Waals surface area contributed by atoms with Crippen LogP contribution in [0.3, 0.4) is 0 Å². The summed E-state index contributed by atoms with van der Waals surface area (Å²) in [4.78, 5) is 8.31. The van der Waals surface area contributed by atoms with Crippen LogP contribution in [-0.4, -0.2) is 9.97 Å². The Balaban J connectivity index is 1.93. The summed E-state index contributed by atoms with van der Waals surface area (Å²) in [5.41, 5.74) is 3.18. The highest BCUT2D eigenvalue weighted by Gasteiger charge is 2.10. The van der Waals surface area contributed by atoms with Crippen molar-refractivity contribution in [2.24, 2.45) is 0 Å². The molecular formula is C15H12N2O. The lowest BCUT2D eigenvalue weighted by molar-refractivity contribution is 0.571. The molecule has 2 heterocycles. The molecule has 0 N–H and O–H groups in total. The number of oxazole rings is 1. The second kappa shape index (κ2) is 4.84. The molecule has 3 nitrogen and oxygen atoms in total. The van der Waals surface area contributed by atoms with Crippen LogP contribution in [0.5, 0.6) is 0 Å². The van der Waals surface area contributed by atoms with E-state index in [0.717, 1.165) is 23.4 Å². The molecule has 0 unspecified atom stereocenters. The molecule has 0 radical (unpaired) electrons. The molecule has 3 heteroatoms. The first-order chi connectivity index (χ1) is 8.93. The fourth-order valence-corrected chi connectivity index (χ4v) is 1.92. The minimum Gasteiger partial charge on any atom is -0.443 e. The van der Waals surface area contributed by atoms with Crippen LogP contribution in [-0.2, 0) is 6.42 Å². The summed E-state index contributed by atoms with van der Waals surface area (Å²) >= 11 is 0. The number of nitrogens with zero attached hydrogens (tertiary/aromatic N) is 2. The summed E-state index contributed by atoms with van der Waals surface area (Å²) in [5.74, 6) is 0.821. The molecule has 0 aliphatic heterocycles.